The van der Waals surface area contributed by atoms with Gasteiger partial charge < -0.3 is 5.11 Å². The number of aliphatic carboxylic acids is 1. The lowest BCUT2D eigenvalue weighted by molar-refractivity contribution is -0.140. The molecule has 0 bridgehead atoms. The number of allylic oxidation sites excluding steroid dienone is 2. The zero-order valence-electron chi connectivity index (χ0n) is 8.42. The van der Waals surface area contributed by atoms with Crippen LogP contribution in [0.3, 0.4) is 0 Å². The molecule has 1 N–H and O–H groups in total. The Labute approximate surface area is 79.6 Å². The third kappa shape index (κ3) is 2.87. The van der Waals surface area contributed by atoms with Gasteiger partial charge in [0, 0.05) is 0 Å². The first-order chi connectivity index (χ1) is 6.02. The van der Waals surface area contributed by atoms with Crippen molar-refractivity contribution in [2.45, 2.75) is 39.5 Å². The Kier molecular flexibility index (Phi) is 3.12. The minimum atomic E-state index is -0.681. The highest BCUT2D eigenvalue weighted by atomic mass is 16.4. The van der Waals surface area contributed by atoms with E-state index in [-0.39, 0.29) is 11.8 Å². The van der Waals surface area contributed by atoms with Crippen LogP contribution in [0.2, 0.25) is 0 Å². The van der Waals surface area contributed by atoms with Gasteiger partial charge in [0.05, 0.1) is 6.42 Å². The average Bonchev–Trinajstić information content (AvgIpc) is 2.04. The van der Waals surface area contributed by atoms with Gasteiger partial charge in [-0.3, -0.25) is 4.79 Å². The average molecular weight is 182 g/mol. The summed E-state index contributed by atoms with van der Waals surface area (Å²) in [5.41, 5.74) is -0.0589. The lowest BCUT2D eigenvalue weighted by atomic mass is 9.71. The number of hydrogen-bond donors (Lipinski definition) is 1. The van der Waals surface area contributed by atoms with Crippen LogP contribution in [0.4, 0.5) is 0 Å². The van der Waals surface area contributed by atoms with E-state index in [4.69, 9.17) is 5.11 Å². The van der Waals surface area contributed by atoms with E-state index in [9.17, 15) is 4.79 Å². The molecule has 0 aromatic rings. The molecule has 0 spiro atoms. The maximum Gasteiger partial charge on any atom is 0.303 e. The molecule has 0 aromatic heterocycles. The van der Waals surface area contributed by atoms with Crippen LogP contribution < -0.4 is 0 Å². The molecule has 1 aliphatic rings. The van der Waals surface area contributed by atoms with Crippen molar-refractivity contribution in [3.05, 3.63) is 12.2 Å². The Morgan fingerprint density at radius 2 is 2.23 bits per heavy atom. The molecule has 1 aliphatic carbocycles. The zero-order chi connectivity index (χ0) is 9.90. The zero-order valence-corrected chi connectivity index (χ0v) is 8.42. The molecular weight excluding hydrogens is 164 g/mol. The second kappa shape index (κ2) is 3.95. The van der Waals surface area contributed by atoms with E-state index in [1.54, 1.807) is 0 Å². The van der Waals surface area contributed by atoms with Crippen molar-refractivity contribution in [1.82, 2.24) is 0 Å². The lowest BCUT2D eigenvalue weighted by Crippen LogP contribution is -2.27. The molecule has 2 nitrogen and oxygen atoms in total. The summed E-state index contributed by atoms with van der Waals surface area (Å²) in [6.07, 6.45) is 7.93. The molecule has 0 aliphatic heterocycles. The molecule has 0 aromatic carbocycles. The van der Waals surface area contributed by atoms with Crippen molar-refractivity contribution < 1.29 is 9.90 Å². The summed E-state index contributed by atoms with van der Waals surface area (Å²) < 4.78 is 0. The van der Waals surface area contributed by atoms with Gasteiger partial charge in [-0.05, 0) is 30.6 Å². The second-order valence-corrected chi connectivity index (χ2v) is 4.54. The van der Waals surface area contributed by atoms with Crippen molar-refractivity contribution >= 4 is 5.97 Å². The summed E-state index contributed by atoms with van der Waals surface area (Å²) in [5, 5.41) is 8.76. The number of carbonyl (C=O) groups is 1. The third-order valence-corrected chi connectivity index (χ3v) is 2.98. The number of rotatable bonds is 3. The van der Waals surface area contributed by atoms with Crippen LogP contribution in [-0.4, -0.2) is 11.1 Å². The van der Waals surface area contributed by atoms with E-state index in [1.165, 1.54) is 0 Å². The fourth-order valence-electron chi connectivity index (χ4n) is 2.04. The van der Waals surface area contributed by atoms with Gasteiger partial charge in [-0.2, -0.15) is 0 Å². The standard InChI is InChI=1S/C11H18O2/c1-11(2,8-10(12)13)9-6-4-3-5-7-9/h3-4,9H,5-8H2,1-2H3,(H,12,13). The van der Waals surface area contributed by atoms with Gasteiger partial charge in [-0.1, -0.05) is 26.0 Å². The van der Waals surface area contributed by atoms with Crippen LogP contribution in [0.1, 0.15) is 39.5 Å². The highest BCUT2D eigenvalue weighted by Gasteiger charge is 2.31. The highest BCUT2D eigenvalue weighted by molar-refractivity contribution is 5.67. The van der Waals surface area contributed by atoms with Crippen LogP contribution in [0, 0.1) is 11.3 Å². The number of hydrogen-bond acceptors (Lipinski definition) is 1. The van der Waals surface area contributed by atoms with Gasteiger partial charge in [0.2, 0.25) is 0 Å². The quantitative estimate of drug-likeness (QED) is 0.681. The fraction of sp³-hybridized carbons (Fsp3) is 0.727. The van der Waals surface area contributed by atoms with Crippen LogP contribution in [-0.2, 0) is 4.79 Å². The van der Waals surface area contributed by atoms with E-state index in [2.05, 4.69) is 26.0 Å². The normalized spacial score (nSPS) is 23.1. The highest BCUT2D eigenvalue weighted by Crippen LogP contribution is 2.38. The fourth-order valence-corrected chi connectivity index (χ4v) is 2.04. The Morgan fingerprint density at radius 3 is 2.69 bits per heavy atom. The summed E-state index contributed by atoms with van der Waals surface area (Å²) in [6, 6.07) is 0. The van der Waals surface area contributed by atoms with Crippen molar-refractivity contribution in [3.63, 3.8) is 0 Å². The Morgan fingerprint density at radius 1 is 1.54 bits per heavy atom. The van der Waals surface area contributed by atoms with Crippen molar-refractivity contribution in [2.75, 3.05) is 0 Å². The van der Waals surface area contributed by atoms with Gasteiger partial charge in [-0.15, -0.1) is 0 Å². The Hall–Kier alpha value is -0.790. The first-order valence-electron chi connectivity index (χ1n) is 4.89. The van der Waals surface area contributed by atoms with Crippen molar-refractivity contribution in [1.29, 1.82) is 0 Å². The minimum absolute atomic E-state index is 0.0589. The van der Waals surface area contributed by atoms with Gasteiger partial charge >= 0.3 is 5.97 Å². The van der Waals surface area contributed by atoms with Crippen LogP contribution in [0.25, 0.3) is 0 Å². The van der Waals surface area contributed by atoms with Gasteiger partial charge in [0.1, 0.15) is 0 Å². The summed E-state index contributed by atoms with van der Waals surface area (Å²) in [6.45, 7) is 4.12. The van der Waals surface area contributed by atoms with E-state index in [1.807, 2.05) is 0 Å². The van der Waals surface area contributed by atoms with Crippen LogP contribution in [0.5, 0.6) is 0 Å². The summed E-state index contributed by atoms with van der Waals surface area (Å²) in [5.74, 6) is -0.145. The molecule has 0 amide bonds. The van der Waals surface area contributed by atoms with Gasteiger partial charge in [0.15, 0.2) is 0 Å². The molecule has 0 fully saturated rings. The van der Waals surface area contributed by atoms with E-state index in [0.717, 1.165) is 19.3 Å². The summed E-state index contributed by atoms with van der Waals surface area (Å²) in [4.78, 5) is 10.6. The monoisotopic (exact) mass is 182 g/mol. The molecule has 0 radical (unpaired) electrons. The minimum Gasteiger partial charge on any atom is -0.481 e. The molecule has 1 unspecified atom stereocenters. The first kappa shape index (κ1) is 10.3. The second-order valence-electron chi connectivity index (χ2n) is 4.54. The number of carboxylic acids is 1. The third-order valence-electron chi connectivity index (χ3n) is 2.98. The molecule has 1 rings (SSSR count). The van der Waals surface area contributed by atoms with E-state index >= 15 is 0 Å². The summed E-state index contributed by atoms with van der Waals surface area (Å²) >= 11 is 0. The molecular formula is C11H18O2. The summed E-state index contributed by atoms with van der Waals surface area (Å²) in [7, 11) is 0. The van der Waals surface area contributed by atoms with Gasteiger partial charge in [0.25, 0.3) is 0 Å². The molecule has 2 heteroatoms. The molecule has 13 heavy (non-hydrogen) atoms. The predicted molar refractivity (Wildman–Crippen MR) is 52.5 cm³/mol. The number of carboxylic acid groups (broad SMARTS) is 1. The smallest absolute Gasteiger partial charge is 0.303 e. The molecule has 0 saturated carbocycles. The Bertz CT molecular complexity index is 216. The SMILES string of the molecule is CC(C)(CC(=O)O)C1CC=CCC1. The van der Waals surface area contributed by atoms with Crippen molar-refractivity contribution in [2.24, 2.45) is 11.3 Å². The van der Waals surface area contributed by atoms with Crippen molar-refractivity contribution in [3.8, 4) is 0 Å². The Balaban J connectivity index is 2.57. The molecule has 0 heterocycles. The predicted octanol–water partition coefficient (Wildman–Crippen LogP) is 2.84. The van der Waals surface area contributed by atoms with E-state index < -0.39 is 5.97 Å². The lowest BCUT2D eigenvalue weighted by Gasteiger charge is -2.34. The maximum absolute atomic E-state index is 10.6. The molecule has 1 atom stereocenters. The van der Waals surface area contributed by atoms with Crippen LogP contribution in [0.15, 0.2) is 12.2 Å². The maximum atomic E-state index is 10.6. The van der Waals surface area contributed by atoms with E-state index in [0.29, 0.717) is 5.92 Å². The topological polar surface area (TPSA) is 37.3 Å². The van der Waals surface area contributed by atoms with Gasteiger partial charge in [-0.25, -0.2) is 0 Å². The molecule has 0 saturated heterocycles. The largest absolute Gasteiger partial charge is 0.481 e. The molecule has 74 valence electrons. The first-order valence-corrected chi connectivity index (χ1v) is 4.89. The van der Waals surface area contributed by atoms with Crippen LogP contribution >= 0.6 is 0 Å².